The van der Waals surface area contributed by atoms with E-state index in [4.69, 9.17) is 0 Å². The summed E-state index contributed by atoms with van der Waals surface area (Å²) >= 11 is 0. The fourth-order valence-electron chi connectivity index (χ4n) is 4.84. The lowest BCUT2D eigenvalue weighted by Crippen LogP contribution is -2.53. The molecule has 5 rings (SSSR count). The summed E-state index contributed by atoms with van der Waals surface area (Å²) in [4.78, 5) is 39.2. The molecular formula is C22H24F2N6O3. The number of nitrogens with zero attached hydrogens (tertiary/aromatic N) is 1. The van der Waals surface area contributed by atoms with Gasteiger partial charge in [-0.1, -0.05) is 0 Å². The van der Waals surface area contributed by atoms with Gasteiger partial charge in [0.05, 0.1) is 17.1 Å². The highest BCUT2D eigenvalue weighted by Gasteiger charge is 2.52. The Kier molecular flexibility index (Phi) is 5.26. The average Bonchev–Trinajstić information content (AvgIpc) is 3.14. The highest BCUT2D eigenvalue weighted by atomic mass is 19.2. The molecule has 1 aliphatic carbocycles. The molecule has 1 aromatic carbocycles. The first-order valence-corrected chi connectivity index (χ1v) is 10.9. The molecule has 0 radical (unpaired) electrons. The number of amides is 2. The van der Waals surface area contributed by atoms with Crippen molar-refractivity contribution in [3.05, 3.63) is 52.3 Å². The number of ketones is 1. The monoisotopic (exact) mass is 458 g/mol. The molecule has 1 atom stereocenters. The Labute approximate surface area is 188 Å². The van der Waals surface area contributed by atoms with Crippen LogP contribution >= 0.6 is 0 Å². The number of hydrogen-bond acceptors (Lipinski definition) is 6. The lowest BCUT2D eigenvalue weighted by atomic mass is 10.0. The van der Waals surface area contributed by atoms with E-state index in [0.717, 1.165) is 31.4 Å². The molecule has 1 saturated carbocycles. The highest BCUT2D eigenvalue weighted by Crippen LogP contribution is 2.39. The van der Waals surface area contributed by atoms with Crippen molar-refractivity contribution in [2.75, 3.05) is 11.9 Å². The molecule has 9 nitrogen and oxygen atoms in total. The predicted octanol–water partition coefficient (Wildman–Crippen LogP) is 1.09. The van der Waals surface area contributed by atoms with E-state index in [2.05, 4.69) is 27.0 Å². The molecule has 0 spiro atoms. The number of nitrogens with one attached hydrogen (secondary N) is 5. The fourth-order valence-corrected chi connectivity index (χ4v) is 4.84. The maximum Gasteiger partial charge on any atom is 0.292 e. The number of anilines is 1. The van der Waals surface area contributed by atoms with Gasteiger partial charge in [-0.15, -0.1) is 0 Å². The van der Waals surface area contributed by atoms with Crippen LogP contribution in [0.1, 0.15) is 51.4 Å². The van der Waals surface area contributed by atoms with Crippen LogP contribution in [0.3, 0.4) is 0 Å². The predicted molar refractivity (Wildman–Crippen MR) is 114 cm³/mol. The van der Waals surface area contributed by atoms with E-state index < -0.39 is 34.8 Å². The van der Waals surface area contributed by atoms with E-state index >= 15 is 0 Å². The van der Waals surface area contributed by atoms with Gasteiger partial charge in [0, 0.05) is 30.5 Å². The summed E-state index contributed by atoms with van der Waals surface area (Å²) in [5.41, 5.74) is 9.96. The first-order valence-electron chi connectivity index (χ1n) is 10.9. The molecule has 2 amide bonds. The van der Waals surface area contributed by atoms with Crippen LogP contribution in [0.4, 0.5) is 14.5 Å². The Hall–Kier alpha value is -3.15. The highest BCUT2D eigenvalue weighted by molar-refractivity contribution is 6.44. The first kappa shape index (κ1) is 21.7. The van der Waals surface area contributed by atoms with Crippen molar-refractivity contribution < 1.29 is 23.2 Å². The number of carbonyl (C=O) groups is 3. The van der Waals surface area contributed by atoms with Gasteiger partial charge < -0.3 is 15.2 Å². The molecule has 2 aromatic rings. The molecule has 0 bridgehead atoms. The molecule has 1 aromatic heterocycles. The van der Waals surface area contributed by atoms with Crippen molar-refractivity contribution in [3.8, 4) is 0 Å². The number of Topliss-reactive ketones (excluding diaryl/α,β-unsaturated/α-hetero) is 1. The zero-order valence-corrected chi connectivity index (χ0v) is 18.0. The van der Waals surface area contributed by atoms with Gasteiger partial charge in [0.25, 0.3) is 17.6 Å². The summed E-state index contributed by atoms with van der Waals surface area (Å²) in [6.07, 6.45) is 2.83. The quantitative estimate of drug-likeness (QED) is 0.327. The van der Waals surface area contributed by atoms with Crippen LogP contribution in [0.15, 0.2) is 18.2 Å². The van der Waals surface area contributed by atoms with E-state index in [0.29, 0.717) is 30.8 Å². The van der Waals surface area contributed by atoms with Gasteiger partial charge in [0.15, 0.2) is 11.6 Å². The van der Waals surface area contributed by atoms with Gasteiger partial charge in [0.1, 0.15) is 5.69 Å². The van der Waals surface area contributed by atoms with Crippen LogP contribution in [-0.4, -0.2) is 40.3 Å². The van der Waals surface area contributed by atoms with Gasteiger partial charge in [-0.2, -0.15) is 5.53 Å². The van der Waals surface area contributed by atoms with Crippen LogP contribution in [0.2, 0.25) is 0 Å². The third kappa shape index (κ3) is 3.71. The molecule has 5 N–H and O–H groups in total. The Balaban J connectivity index is 1.40. The Bertz CT molecular complexity index is 1170. The van der Waals surface area contributed by atoms with Gasteiger partial charge in [-0.25, -0.2) is 19.6 Å². The number of rotatable bonds is 6. The van der Waals surface area contributed by atoms with Crippen LogP contribution < -0.4 is 27.0 Å². The normalized spacial score (nSPS) is 20.4. The zero-order valence-electron chi connectivity index (χ0n) is 18.0. The average molecular weight is 458 g/mol. The van der Waals surface area contributed by atoms with Gasteiger partial charge >= 0.3 is 0 Å². The maximum atomic E-state index is 13.5. The van der Waals surface area contributed by atoms with Crippen molar-refractivity contribution in [1.82, 2.24) is 26.3 Å². The van der Waals surface area contributed by atoms with E-state index in [1.165, 1.54) is 6.07 Å². The third-order valence-corrected chi connectivity index (χ3v) is 6.69. The largest absolute Gasteiger partial charge is 0.342 e. The molecule has 3 aliphatic rings. The number of fused-ring (bicyclic) bond motifs is 1. The second-order valence-electron chi connectivity index (χ2n) is 8.78. The van der Waals surface area contributed by atoms with Crippen molar-refractivity contribution in [2.45, 2.75) is 50.7 Å². The minimum atomic E-state index is -1.08. The van der Waals surface area contributed by atoms with Crippen molar-refractivity contribution in [2.24, 2.45) is 0 Å². The Morgan fingerprint density at radius 3 is 2.64 bits per heavy atom. The van der Waals surface area contributed by atoms with Gasteiger partial charge in [-0.3, -0.25) is 14.4 Å². The molecule has 11 heteroatoms. The SMILES string of the molecule is Cc1c(C(=O)C(=O)NC2(C3CNNN3)CC2)c2n(c1C(=O)Nc1ccc(F)c(F)c1)CCC2. The molecule has 174 valence electrons. The number of halogens is 2. The summed E-state index contributed by atoms with van der Waals surface area (Å²) in [6, 6.07) is 3.05. The Morgan fingerprint density at radius 2 is 1.97 bits per heavy atom. The lowest BCUT2D eigenvalue weighted by molar-refractivity contribution is -0.118. The topological polar surface area (TPSA) is 116 Å². The Morgan fingerprint density at radius 1 is 1.18 bits per heavy atom. The van der Waals surface area contributed by atoms with Crippen LogP contribution in [-0.2, 0) is 17.8 Å². The molecule has 2 aliphatic heterocycles. The minimum absolute atomic E-state index is 0.0347. The van der Waals surface area contributed by atoms with Crippen molar-refractivity contribution in [1.29, 1.82) is 0 Å². The van der Waals surface area contributed by atoms with E-state index in [1.54, 1.807) is 11.5 Å². The number of carbonyl (C=O) groups excluding carboxylic acids is 3. The molecule has 3 heterocycles. The molecule has 2 fully saturated rings. The van der Waals surface area contributed by atoms with Crippen LogP contribution in [0.25, 0.3) is 0 Å². The summed E-state index contributed by atoms with van der Waals surface area (Å²) in [5, 5.41) is 5.46. The second-order valence-corrected chi connectivity index (χ2v) is 8.78. The second kappa shape index (κ2) is 8.01. The van der Waals surface area contributed by atoms with Crippen LogP contribution in [0, 0.1) is 18.6 Å². The van der Waals surface area contributed by atoms with E-state index in [1.807, 2.05) is 0 Å². The summed E-state index contributed by atoms with van der Waals surface area (Å²) in [6.45, 7) is 2.77. The number of aromatic nitrogens is 1. The third-order valence-electron chi connectivity index (χ3n) is 6.69. The summed E-state index contributed by atoms with van der Waals surface area (Å²) < 4.78 is 28.5. The van der Waals surface area contributed by atoms with Crippen molar-refractivity contribution >= 4 is 23.3 Å². The van der Waals surface area contributed by atoms with Crippen LogP contribution in [0.5, 0.6) is 0 Å². The number of hydrazine groups is 2. The molecule has 1 saturated heterocycles. The summed E-state index contributed by atoms with van der Waals surface area (Å²) in [7, 11) is 0. The van der Waals surface area contributed by atoms with Crippen molar-refractivity contribution in [3.63, 3.8) is 0 Å². The van der Waals surface area contributed by atoms with E-state index in [-0.39, 0.29) is 23.0 Å². The van der Waals surface area contributed by atoms with Gasteiger partial charge in [0.2, 0.25) is 0 Å². The van der Waals surface area contributed by atoms with E-state index in [9.17, 15) is 23.2 Å². The lowest BCUT2D eigenvalue weighted by Gasteiger charge is -2.22. The maximum absolute atomic E-state index is 13.5. The molecular weight excluding hydrogens is 434 g/mol. The number of hydrogen-bond donors (Lipinski definition) is 5. The molecule has 1 unspecified atom stereocenters. The molecule has 33 heavy (non-hydrogen) atoms. The standard InChI is InChI=1S/C22H24F2N6O3/c1-11-17(19(31)21(33)27-22(6-7-22)16-10-25-29-28-16)15-3-2-8-30(15)18(11)20(32)26-12-4-5-13(23)14(24)9-12/h4-5,9,16,25,28-29H,2-3,6-8,10H2,1H3,(H,26,32)(H,27,33). The zero-order chi connectivity index (χ0) is 23.3. The minimum Gasteiger partial charge on any atom is -0.342 e. The first-order chi connectivity index (χ1) is 15.8. The smallest absolute Gasteiger partial charge is 0.292 e. The summed E-state index contributed by atoms with van der Waals surface area (Å²) in [5.74, 6) is -4.01. The van der Waals surface area contributed by atoms with Gasteiger partial charge in [-0.05, 0) is 50.3 Å². The number of benzene rings is 1. The fraction of sp³-hybridized carbons (Fsp3) is 0.409.